The van der Waals surface area contributed by atoms with Gasteiger partial charge in [0.2, 0.25) is 11.8 Å². The summed E-state index contributed by atoms with van der Waals surface area (Å²) in [7, 11) is 0. The molecule has 7 heteroatoms. The molecule has 0 aliphatic carbocycles. The van der Waals surface area contributed by atoms with E-state index in [9.17, 15) is 19.7 Å². The molecule has 2 rings (SSSR count). The van der Waals surface area contributed by atoms with Gasteiger partial charge >= 0.3 is 0 Å². The van der Waals surface area contributed by atoms with Gasteiger partial charge in [-0.05, 0) is 42.3 Å². The Bertz CT molecular complexity index is 829. The molecule has 0 aromatic heterocycles. The maximum Gasteiger partial charge on any atom is 0.270 e. The zero-order valence-electron chi connectivity index (χ0n) is 14.3. The van der Waals surface area contributed by atoms with E-state index in [4.69, 9.17) is 0 Å². The largest absolute Gasteiger partial charge is 0.326 e. The maximum atomic E-state index is 12.0. The van der Waals surface area contributed by atoms with Crippen molar-refractivity contribution in [2.24, 2.45) is 0 Å². The van der Waals surface area contributed by atoms with Crippen LogP contribution in [0.4, 0.5) is 17.1 Å². The molecule has 2 aromatic carbocycles. The lowest BCUT2D eigenvalue weighted by Crippen LogP contribution is -2.11. The van der Waals surface area contributed by atoms with Crippen molar-refractivity contribution in [3.8, 4) is 0 Å². The molecule has 0 heterocycles. The number of nitro groups is 1. The summed E-state index contributed by atoms with van der Waals surface area (Å²) >= 11 is 0. The van der Waals surface area contributed by atoms with Gasteiger partial charge in [-0.15, -0.1) is 0 Å². The molecule has 0 atom stereocenters. The van der Waals surface area contributed by atoms with E-state index in [1.54, 1.807) is 36.4 Å². The molecular formula is C19H19N3O4. The molecule has 2 N–H and O–H groups in total. The van der Waals surface area contributed by atoms with Gasteiger partial charge in [-0.3, -0.25) is 19.7 Å². The molecule has 0 radical (unpaired) electrons. The van der Waals surface area contributed by atoms with Crippen molar-refractivity contribution < 1.29 is 14.5 Å². The van der Waals surface area contributed by atoms with Gasteiger partial charge in [-0.1, -0.05) is 19.1 Å². The molecular weight excluding hydrogens is 334 g/mol. The van der Waals surface area contributed by atoms with Gasteiger partial charge < -0.3 is 10.6 Å². The number of nitro benzene ring substituents is 1. The van der Waals surface area contributed by atoms with Crippen molar-refractivity contribution in [1.82, 2.24) is 0 Å². The standard InChI is InChI=1S/C19H19N3O4/c1-2-4-18(23)20-15-8-10-16(11-9-15)21-19(24)12-7-14-5-3-6-17(13-14)22(25)26/h3,5-13H,2,4H2,1H3,(H,20,23)(H,21,24)/b12-7+. The number of nitrogens with one attached hydrogen (secondary N) is 2. The first-order chi connectivity index (χ1) is 12.5. The molecule has 0 aliphatic rings. The summed E-state index contributed by atoms with van der Waals surface area (Å²) < 4.78 is 0. The molecule has 0 aliphatic heterocycles. The van der Waals surface area contributed by atoms with Gasteiger partial charge in [0.05, 0.1) is 4.92 Å². The van der Waals surface area contributed by atoms with E-state index in [0.29, 0.717) is 23.4 Å². The molecule has 7 nitrogen and oxygen atoms in total. The highest BCUT2D eigenvalue weighted by atomic mass is 16.6. The Morgan fingerprint density at radius 2 is 1.73 bits per heavy atom. The molecule has 0 saturated carbocycles. The fourth-order valence-corrected chi connectivity index (χ4v) is 2.19. The maximum absolute atomic E-state index is 12.0. The molecule has 2 amide bonds. The second kappa shape index (κ2) is 9.12. The van der Waals surface area contributed by atoms with Crippen molar-refractivity contribution in [3.63, 3.8) is 0 Å². The number of carbonyl (C=O) groups excluding carboxylic acids is 2. The monoisotopic (exact) mass is 353 g/mol. The van der Waals surface area contributed by atoms with Crippen LogP contribution in [0.15, 0.2) is 54.6 Å². The molecule has 0 saturated heterocycles. The smallest absolute Gasteiger partial charge is 0.270 e. The molecule has 0 unspecified atom stereocenters. The van der Waals surface area contributed by atoms with Crippen LogP contribution in [0.5, 0.6) is 0 Å². The Kier molecular flexibility index (Phi) is 6.61. The third-order valence-corrected chi connectivity index (χ3v) is 3.42. The van der Waals surface area contributed by atoms with Crippen molar-refractivity contribution in [2.45, 2.75) is 19.8 Å². The lowest BCUT2D eigenvalue weighted by Gasteiger charge is -2.06. The van der Waals surface area contributed by atoms with Crippen LogP contribution in [0.25, 0.3) is 6.08 Å². The number of nitrogens with zero attached hydrogens (tertiary/aromatic N) is 1. The van der Waals surface area contributed by atoms with Gasteiger partial charge in [0.25, 0.3) is 5.69 Å². The number of hydrogen-bond acceptors (Lipinski definition) is 4. The normalized spacial score (nSPS) is 10.5. The number of amides is 2. The van der Waals surface area contributed by atoms with Gasteiger partial charge in [-0.25, -0.2) is 0 Å². The summed E-state index contributed by atoms with van der Waals surface area (Å²) in [5, 5.41) is 16.2. The lowest BCUT2D eigenvalue weighted by atomic mass is 10.2. The average Bonchev–Trinajstić information content (AvgIpc) is 2.62. The SMILES string of the molecule is CCCC(=O)Nc1ccc(NC(=O)/C=C/c2cccc([N+](=O)[O-])c2)cc1. The van der Waals surface area contributed by atoms with Crippen LogP contribution in [0.1, 0.15) is 25.3 Å². The second-order valence-corrected chi connectivity index (χ2v) is 5.55. The van der Waals surface area contributed by atoms with Gasteiger partial charge in [-0.2, -0.15) is 0 Å². The van der Waals surface area contributed by atoms with Crippen LogP contribution in [0, 0.1) is 10.1 Å². The molecule has 26 heavy (non-hydrogen) atoms. The van der Waals surface area contributed by atoms with Crippen molar-refractivity contribution >= 4 is 35.0 Å². The minimum Gasteiger partial charge on any atom is -0.326 e. The van der Waals surface area contributed by atoms with E-state index in [1.165, 1.54) is 24.3 Å². The van der Waals surface area contributed by atoms with E-state index in [0.717, 1.165) is 6.42 Å². The van der Waals surface area contributed by atoms with Crippen LogP contribution in [0.3, 0.4) is 0 Å². The summed E-state index contributed by atoms with van der Waals surface area (Å²) in [5.41, 5.74) is 1.76. The van der Waals surface area contributed by atoms with E-state index >= 15 is 0 Å². The molecule has 0 bridgehead atoms. The molecule has 0 fully saturated rings. The highest BCUT2D eigenvalue weighted by molar-refractivity contribution is 6.02. The summed E-state index contributed by atoms with van der Waals surface area (Å²) in [6.45, 7) is 1.93. The fourth-order valence-electron chi connectivity index (χ4n) is 2.19. The minimum absolute atomic E-state index is 0.0340. The Hall–Kier alpha value is -3.48. The summed E-state index contributed by atoms with van der Waals surface area (Å²) in [6.07, 6.45) is 4.04. The van der Waals surface area contributed by atoms with Crippen LogP contribution >= 0.6 is 0 Å². The zero-order valence-corrected chi connectivity index (χ0v) is 14.3. The average molecular weight is 353 g/mol. The van der Waals surface area contributed by atoms with Gasteiger partial charge in [0.15, 0.2) is 0 Å². The molecule has 134 valence electrons. The predicted molar refractivity (Wildman–Crippen MR) is 101 cm³/mol. The highest BCUT2D eigenvalue weighted by Gasteiger charge is 2.05. The molecule has 0 spiro atoms. The van der Waals surface area contributed by atoms with Gasteiger partial charge in [0.1, 0.15) is 0 Å². The second-order valence-electron chi connectivity index (χ2n) is 5.55. The summed E-state index contributed by atoms with van der Waals surface area (Å²) in [5.74, 6) is -0.413. The first kappa shape index (κ1) is 18.9. The van der Waals surface area contributed by atoms with E-state index in [-0.39, 0.29) is 17.5 Å². The number of anilines is 2. The fraction of sp³-hybridized carbons (Fsp3) is 0.158. The van der Waals surface area contributed by atoms with E-state index in [1.807, 2.05) is 6.92 Å². The lowest BCUT2D eigenvalue weighted by molar-refractivity contribution is -0.384. The van der Waals surface area contributed by atoms with Crippen molar-refractivity contribution in [3.05, 3.63) is 70.3 Å². The Balaban J connectivity index is 1.94. The number of carbonyl (C=O) groups is 2. The van der Waals surface area contributed by atoms with E-state index < -0.39 is 4.92 Å². The van der Waals surface area contributed by atoms with E-state index in [2.05, 4.69) is 10.6 Å². The number of rotatable bonds is 7. The predicted octanol–water partition coefficient (Wildman–Crippen LogP) is 3.99. The minimum atomic E-state index is -0.488. The van der Waals surface area contributed by atoms with Crippen molar-refractivity contribution in [1.29, 1.82) is 0 Å². The first-order valence-electron chi connectivity index (χ1n) is 8.11. The third-order valence-electron chi connectivity index (χ3n) is 3.42. The Morgan fingerprint density at radius 3 is 2.35 bits per heavy atom. The molecule has 2 aromatic rings. The summed E-state index contributed by atoms with van der Waals surface area (Å²) in [4.78, 5) is 33.7. The van der Waals surface area contributed by atoms with Crippen LogP contribution in [-0.2, 0) is 9.59 Å². The number of hydrogen-bond donors (Lipinski definition) is 2. The Morgan fingerprint density at radius 1 is 1.08 bits per heavy atom. The number of non-ortho nitro benzene ring substituents is 1. The zero-order chi connectivity index (χ0) is 18.9. The van der Waals surface area contributed by atoms with Crippen LogP contribution < -0.4 is 10.6 Å². The van der Waals surface area contributed by atoms with Crippen LogP contribution in [-0.4, -0.2) is 16.7 Å². The highest BCUT2D eigenvalue weighted by Crippen LogP contribution is 2.16. The summed E-state index contributed by atoms with van der Waals surface area (Å²) in [6, 6.07) is 12.8. The van der Waals surface area contributed by atoms with Crippen molar-refractivity contribution in [2.75, 3.05) is 10.6 Å². The first-order valence-corrected chi connectivity index (χ1v) is 8.11. The Labute approximate surface area is 150 Å². The third kappa shape index (κ3) is 5.86. The number of benzene rings is 2. The van der Waals surface area contributed by atoms with Gasteiger partial charge in [0, 0.05) is 36.0 Å². The topological polar surface area (TPSA) is 101 Å². The van der Waals surface area contributed by atoms with Crippen LogP contribution in [0.2, 0.25) is 0 Å². The quantitative estimate of drug-likeness (QED) is 0.446.